The molecule has 0 atom stereocenters. The van der Waals surface area contributed by atoms with E-state index in [9.17, 15) is 4.79 Å². The second kappa shape index (κ2) is 15.8. The molecule has 0 N–H and O–H groups in total. The van der Waals surface area contributed by atoms with Gasteiger partial charge < -0.3 is 4.74 Å². The van der Waals surface area contributed by atoms with E-state index in [0.29, 0.717) is 12.2 Å². The van der Waals surface area contributed by atoms with Gasteiger partial charge in [-0.25, -0.2) is 4.79 Å². The second-order valence-corrected chi connectivity index (χ2v) is 5.68. The molecule has 2 nitrogen and oxygen atoms in total. The molecule has 0 aliphatic carbocycles. The Bertz CT molecular complexity index is 365. The van der Waals surface area contributed by atoms with Crippen molar-refractivity contribution < 1.29 is 9.53 Å². The molecule has 2 radical (unpaired) electrons. The Hall–Kier alpha value is -0.0503. The maximum absolute atomic E-state index is 11.7. The molecule has 0 aliphatic heterocycles. The van der Waals surface area contributed by atoms with Gasteiger partial charge in [0.1, 0.15) is 0 Å². The van der Waals surface area contributed by atoms with Crippen molar-refractivity contribution in [3.8, 4) is 0 Å². The topological polar surface area (TPSA) is 26.3 Å². The minimum Gasteiger partial charge on any atom is -0.462 e. The van der Waals surface area contributed by atoms with Crippen LogP contribution < -0.4 is 0 Å². The average Bonchev–Trinajstić information content (AvgIpc) is 2.53. The van der Waals surface area contributed by atoms with Crippen LogP contribution >= 0.6 is 0 Å². The first kappa shape index (κ1) is 21.9. The van der Waals surface area contributed by atoms with E-state index in [1.807, 2.05) is 18.2 Å². The Kier molecular flexibility index (Phi) is 15.8. The van der Waals surface area contributed by atoms with Gasteiger partial charge in [0.15, 0.2) is 0 Å². The molecule has 0 aromatic heterocycles. The van der Waals surface area contributed by atoms with E-state index in [0.717, 1.165) is 12.8 Å². The summed E-state index contributed by atoms with van der Waals surface area (Å²) >= 11 is 0. The summed E-state index contributed by atoms with van der Waals surface area (Å²) in [5.74, 6) is -0.202. The number of carbonyl (C=O) groups is 1. The molecule has 120 valence electrons. The van der Waals surface area contributed by atoms with Crippen LogP contribution in [-0.4, -0.2) is 50.3 Å². The smallest absolute Gasteiger partial charge is 0.338 e. The van der Waals surface area contributed by atoms with Crippen molar-refractivity contribution in [1.29, 1.82) is 0 Å². The van der Waals surface area contributed by atoms with E-state index >= 15 is 0 Å². The van der Waals surface area contributed by atoms with Crippen LogP contribution in [0.2, 0.25) is 0 Å². The van der Waals surface area contributed by atoms with Crippen molar-refractivity contribution in [2.24, 2.45) is 0 Å². The molecule has 22 heavy (non-hydrogen) atoms. The quantitative estimate of drug-likeness (QED) is 0.292. The molecule has 0 saturated heterocycles. The number of unbranched alkanes of at least 4 members (excludes halogenated alkanes) is 9. The van der Waals surface area contributed by atoms with Crippen molar-refractivity contribution in [2.75, 3.05) is 6.61 Å². The molecule has 1 rings (SSSR count). The summed E-state index contributed by atoms with van der Waals surface area (Å²) in [4.78, 5) is 11.7. The Morgan fingerprint density at radius 1 is 0.818 bits per heavy atom. The summed E-state index contributed by atoms with van der Waals surface area (Å²) in [7, 11) is 0. The monoisotopic (exact) mass is 330 g/mol. The molecule has 0 aliphatic rings. The van der Waals surface area contributed by atoms with Gasteiger partial charge >= 0.3 is 5.97 Å². The first-order chi connectivity index (χ1) is 10.3. The Balaban J connectivity index is 0.00000441. The standard InChI is InChI=1S/C19H30O2.Ca/c1-2-3-4-5-6-7-8-9-10-14-17-21-19(20)18-15-12-11-13-16-18;/h11-13,15-16H,2-10,14,17H2,1H3;. The number of rotatable bonds is 12. The van der Waals surface area contributed by atoms with Crippen molar-refractivity contribution in [3.63, 3.8) is 0 Å². The SMILES string of the molecule is CCCCCCCCCCCCOC(=O)c1ccccc1.[Ca]. The molecule has 0 heterocycles. The number of esters is 1. The number of carbonyl (C=O) groups excluding carboxylic acids is 1. The molecule has 0 saturated carbocycles. The first-order valence-electron chi connectivity index (χ1n) is 8.56. The van der Waals surface area contributed by atoms with Crippen LogP contribution in [0.5, 0.6) is 0 Å². The van der Waals surface area contributed by atoms with Crippen LogP contribution in [0.15, 0.2) is 30.3 Å². The number of ether oxygens (including phenoxy) is 1. The predicted octanol–water partition coefficient (Wildman–Crippen LogP) is 5.38. The minimum atomic E-state index is -0.202. The van der Waals surface area contributed by atoms with Crippen molar-refractivity contribution in [1.82, 2.24) is 0 Å². The summed E-state index contributed by atoms with van der Waals surface area (Å²) in [5.41, 5.74) is 0.643. The van der Waals surface area contributed by atoms with Crippen molar-refractivity contribution >= 4 is 43.7 Å². The fraction of sp³-hybridized carbons (Fsp3) is 0.632. The summed E-state index contributed by atoms with van der Waals surface area (Å²) in [6.45, 7) is 2.80. The van der Waals surface area contributed by atoms with E-state index < -0.39 is 0 Å². The van der Waals surface area contributed by atoms with Crippen molar-refractivity contribution in [2.45, 2.75) is 71.1 Å². The molecule has 3 heteroatoms. The van der Waals surface area contributed by atoms with Crippen molar-refractivity contribution in [3.05, 3.63) is 35.9 Å². The van der Waals surface area contributed by atoms with E-state index in [4.69, 9.17) is 4.74 Å². The maximum Gasteiger partial charge on any atom is 0.338 e. The predicted molar refractivity (Wildman–Crippen MR) is 94.3 cm³/mol. The molecule has 0 amide bonds. The normalized spacial score (nSPS) is 10.0. The van der Waals surface area contributed by atoms with Gasteiger partial charge in [-0.15, -0.1) is 0 Å². The zero-order valence-electron chi connectivity index (χ0n) is 14.2. The molecule has 1 aromatic carbocycles. The summed E-state index contributed by atoms with van der Waals surface area (Å²) in [6, 6.07) is 9.20. The number of hydrogen-bond donors (Lipinski definition) is 0. The van der Waals surface area contributed by atoms with Gasteiger partial charge in [-0.2, -0.15) is 0 Å². The minimum absolute atomic E-state index is 0. The third-order valence-corrected chi connectivity index (χ3v) is 3.74. The average molecular weight is 331 g/mol. The molecule has 0 unspecified atom stereocenters. The van der Waals surface area contributed by atoms with Gasteiger partial charge in [-0.1, -0.05) is 82.9 Å². The van der Waals surface area contributed by atoms with Crippen LogP contribution in [0.4, 0.5) is 0 Å². The van der Waals surface area contributed by atoms with E-state index in [1.54, 1.807) is 12.1 Å². The van der Waals surface area contributed by atoms with Gasteiger partial charge in [0.2, 0.25) is 0 Å². The van der Waals surface area contributed by atoms with Gasteiger partial charge in [0, 0.05) is 37.7 Å². The van der Waals surface area contributed by atoms with E-state index in [2.05, 4.69) is 6.92 Å². The van der Waals surface area contributed by atoms with Gasteiger partial charge in [-0.05, 0) is 18.6 Å². The zero-order chi connectivity index (χ0) is 15.2. The van der Waals surface area contributed by atoms with Crippen LogP contribution in [0.1, 0.15) is 81.5 Å². The van der Waals surface area contributed by atoms with Crippen LogP contribution in [0, 0.1) is 0 Å². The number of hydrogen-bond acceptors (Lipinski definition) is 2. The summed E-state index contributed by atoms with van der Waals surface area (Å²) in [6.07, 6.45) is 12.9. The third-order valence-electron chi connectivity index (χ3n) is 3.74. The third kappa shape index (κ3) is 11.5. The Morgan fingerprint density at radius 3 is 1.86 bits per heavy atom. The van der Waals surface area contributed by atoms with Gasteiger partial charge in [0.25, 0.3) is 0 Å². The van der Waals surface area contributed by atoms with Gasteiger partial charge in [0.05, 0.1) is 12.2 Å². The van der Waals surface area contributed by atoms with E-state index in [1.165, 1.54) is 51.4 Å². The second-order valence-electron chi connectivity index (χ2n) is 5.68. The summed E-state index contributed by atoms with van der Waals surface area (Å²) < 4.78 is 5.26. The molecule has 0 bridgehead atoms. The van der Waals surface area contributed by atoms with E-state index in [-0.39, 0.29) is 43.7 Å². The van der Waals surface area contributed by atoms with Crippen LogP contribution in [0.25, 0.3) is 0 Å². The molecular formula is C19H30CaO2. The number of benzene rings is 1. The van der Waals surface area contributed by atoms with Crippen LogP contribution in [0.3, 0.4) is 0 Å². The fourth-order valence-corrected chi connectivity index (χ4v) is 2.41. The zero-order valence-corrected chi connectivity index (χ0v) is 16.4. The molecule has 0 fully saturated rings. The Labute approximate surface area is 166 Å². The van der Waals surface area contributed by atoms with Gasteiger partial charge in [-0.3, -0.25) is 0 Å². The largest absolute Gasteiger partial charge is 0.462 e. The summed E-state index contributed by atoms with van der Waals surface area (Å²) in [5, 5.41) is 0. The Morgan fingerprint density at radius 2 is 1.32 bits per heavy atom. The molecular weight excluding hydrogens is 300 g/mol. The fourth-order valence-electron chi connectivity index (χ4n) is 2.41. The molecule has 1 aromatic rings. The molecule has 0 spiro atoms. The van der Waals surface area contributed by atoms with Crippen LogP contribution in [-0.2, 0) is 4.74 Å². The first-order valence-corrected chi connectivity index (χ1v) is 8.56. The maximum atomic E-state index is 11.7.